The molecule has 2 aliphatic rings. The maximum atomic E-state index is 12.8. The Bertz CT molecular complexity index is 1570. The molecule has 3 aromatic heterocycles. The van der Waals surface area contributed by atoms with Crippen molar-refractivity contribution < 1.29 is 9.59 Å². The van der Waals surface area contributed by atoms with Crippen molar-refractivity contribution in [3.63, 3.8) is 0 Å². The second kappa shape index (κ2) is 8.82. The van der Waals surface area contributed by atoms with Gasteiger partial charge < -0.3 is 14.8 Å². The summed E-state index contributed by atoms with van der Waals surface area (Å²) < 4.78 is 1.74. The average molecular weight is 478 g/mol. The number of piperazine rings is 1. The van der Waals surface area contributed by atoms with Crippen molar-refractivity contribution in [2.45, 2.75) is 12.3 Å². The first kappa shape index (κ1) is 21.8. The molecular formula is C27H23N7O2. The van der Waals surface area contributed by atoms with Crippen LogP contribution >= 0.6 is 0 Å². The predicted molar refractivity (Wildman–Crippen MR) is 135 cm³/mol. The molecule has 36 heavy (non-hydrogen) atoms. The minimum absolute atomic E-state index is 0.0480. The number of likely N-dealkylation sites (N-methyl/N-ethyl adjacent to an activating group) is 1. The number of hydrogen-bond acceptors (Lipinski definition) is 5. The van der Waals surface area contributed by atoms with Crippen LogP contribution in [-0.4, -0.2) is 74.1 Å². The van der Waals surface area contributed by atoms with Gasteiger partial charge in [-0.1, -0.05) is 18.1 Å². The maximum absolute atomic E-state index is 12.8. The lowest BCUT2D eigenvalue weighted by Crippen LogP contribution is -2.50. The number of aliphatic imine (C=N–C) groups is 1. The highest BCUT2D eigenvalue weighted by Gasteiger charge is 2.25. The number of nitrogens with zero attached hydrogens (tertiary/aromatic N) is 6. The van der Waals surface area contributed by atoms with Gasteiger partial charge in [0, 0.05) is 55.7 Å². The molecule has 0 radical (unpaired) electrons. The molecule has 2 aliphatic heterocycles. The van der Waals surface area contributed by atoms with E-state index in [0.717, 1.165) is 29.1 Å². The zero-order valence-corrected chi connectivity index (χ0v) is 19.7. The van der Waals surface area contributed by atoms with E-state index in [-0.39, 0.29) is 24.3 Å². The fourth-order valence-corrected chi connectivity index (χ4v) is 4.45. The summed E-state index contributed by atoms with van der Waals surface area (Å²) in [5.74, 6) is 7.33. The summed E-state index contributed by atoms with van der Waals surface area (Å²) in [5, 5.41) is 4.76. The predicted octanol–water partition coefficient (Wildman–Crippen LogP) is 2.88. The van der Waals surface area contributed by atoms with Gasteiger partial charge in [0.2, 0.25) is 5.91 Å². The van der Waals surface area contributed by atoms with Gasteiger partial charge in [-0.05, 0) is 36.3 Å². The van der Waals surface area contributed by atoms with Crippen molar-refractivity contribution in [3.8, 4) is 23.1 Å². The SMILES string of the molecule is CN1CCN(C(=O)c2ccc(-c3ccc4ncc(C#CC5CC=Nc6[nH]ccc65)n4n3)cc2)CC1=O. The van der Waals surface area contributed by atoms with Crippen LogP contribution in [0.1, 0.15) is 34.0 Å². The number of hydrogen-bond donors (Lipinski definition) is 1. The molecule has 1 aromatic carbocycles. The number of fused-ring (bicyclic) bond motifs is 2. The zero-order valence-electron chi connectivity index (χ0n) is 19.7. The third kappa shape index (κ3) is 3.92. The minimum atomic E-state index is -0.142. The van der Waals surface area contributed by atoms with Gasteiger partial charge in [-0.15, -0.1) is 0 Å². The Balaban J connectivity index is 1.24. The van der Waals surface area contributed by atoms with Crippen LogP contribution in [0.4, 0.5) is 5.82 Å². The molecule has 1 unspecified atom stereocenters. The van der Waals surface area contributed by atoms with E-state index < -0.39 is 0 Å². The van der Waals surface area contributed by atoms with E-state index in [1.54, 1.807) is 39.7 Å². The molecule has 0 aliphatic carbocycles. The molecule has 5 heterocycles. The molecule has 178 valence electrons. The van der Waals surface area contributed by atoms with E-state index >= 15 is 0 Å². The van der Waals surface area contributed by atoms with Gasteiger partial charge in [-0.2, -0.15) is 5.10 Å². The summed E-state index contributed by atoms with van der Waals surface area (Å²) in [7, 11) is 1.75. The van der Waals surface area contributed by atoms with E-state index in [1.165, 1.54) is 0 Å². The molecule has 9 heteroatoms. The van der Waals surface area contributed by atoms with Gasteiger partial charge in [0.15, 0.2) is 5.65 Å². The standard InChI is InChI=1S/C27H23N7O2/c1-32-14-15-33(17-25(32)35)27(36)20-4-2-19(3-5-20)23-8-9-24-30-16-21(34(24)31-23)7-6-18-10-12-28-26-22(18)11-13-29-26/h2-5,8-9,11-13,16,18,29H,10,14-15,17H2,1H3. The number of H-pyrrole nitrogens is 1. The van der Waals surface area contributed by atoms with E-state index in [1.807, 2.05) is 42.7 Å². The number of carbonyl (C=O) groups excluding carboxylic acids is 2. The number of imidazole rings is 1. The molecule has 1 N–H and O–H groups in total. The first-order valence-corrected chi connectivity index (χ1v) is 11.8. The second-order valence-electron chi connectivity index (χ2n) is 8.90. The van der Waals surface area contributed by atoms with Gasteiger partial charge in [-0.3, -0.25) is 9.59 Å². The van der Waals surface area contributed by atoms with Crippen molar-refractivity contribution in [3.05, 3.63) is 71.7 Å². The number of benzene rings is 1. The molecule has 1 fully saturated rings. The van der Waals surface area contributed by atoms with E-state index in [9.17, 15) is 9.59 Å². The topological polar surface area (TPSA) is 99.0 Å². The highest BCUT2D eigenvalue weighted by Crippen LogP contribution is 2.30. The normalized spacial score (nSPS) is 17.1. The molecule has 0 bridgehead atoms. The molecule has 4 aromatic rings. The number of aromatic amines is 1. The summed E-state index contributed by atoms with van der Waals surface area (Å²) in [5.41, 5.74) is 4.68. The lowest BCUT2D eigenvalue weighted by Gasteiger charge is -2.32. The first-order valence-electron chi connectivity index (χ1n) is 11.8. The highest BCUT2D eigenvalue weighted by atomic mass is 16.2. The number of nitrogens with one attached hydrogen (secondary N) is 1. The molecule has 0 saturated carbocycles. The van der Waals surface area contributed by atoms with Gasteiger partial charge in [0.05, 0.1) is 17.8 Å². The molecule has 1 atom stereocenters. The van der Waals surface area contributed by atoms with Crippen LogP contribution in [0, 0.1) is 11.8 Å². The van der Waals surface area contributed by atoms with E-state index in [0.29, 0.717) is 30.0 Å². The molecular weight excluding hydrogens is 454 g/mol. The van der Waals surface area contributed by atoms with Gasteiger partial charge in [0.1, 0.15) is 18.1 Å². The zero-order chi connectivity index (χ0) is 24.6. The Labute approximate surface area is 207 Å². The van der Waals surface area contributed by atoms with Crippen LogP contribution in [0.2, 0.25) is 0 Å². The maximum Gasteiger partial charge on any atom is 0.254 e. The van der Waals surface area contributed by atoms with Crippen molar-refractivity contribution in [2.24, 2.45) is 4.99 Å². The smallest absolute Gasteiger partial charge is 0.254 e. The monoisotopic (exact) mass is 477 g/mol. The second-order valence-corrected chi connectivity index (χ2v) is 8.90. The summed E-state index contributed by atoms with van der Waals surface area (Å²) in [6, 6.07) is 13.1. The Kier molecular flexibility index (Phi) is 5.34. The lowest BCUT2D eigenvalue weighted by atomic mass is 9.97. The molecule has 2 amide bonds. The lowest BCUT2D eigenvalue weighted by molar-refractivity contribution is -0.133. The fraction of sp³-hybridized carbons (Fsp3) is 0.222. The van der Waals surface area contributed by atoms with Gasteiger partial charge in [-0.25, -0.2) is 14.5 Å². The molecule has 1 saturated heterocycles. The summed E-state index contributed by atoms with van der Waals surface area (Å²) >= 11 is 0. The van der Waals surface area contributed by atoms with Gasteiger partial charge >= 0.3 is 0 Å². The number of aromatic nitrogens is 4. The van der Waals surface area contributed by atoms with Gasteiger partial charge in [0.25, 0.3) is 5.91 Å². The van der Waals surface area contributed by atoms with Crippen molar-refractivity contribution in [2.75, 3.05) is 26.7 Å². The number of rotatable bonds is 2. The largest absolute Gasteiger partial charge is 0.346 e. The highest BCUT2D eigenvalue weighted by molar-refractivity contribution is 5.97. The third-order valence-electron chi connectivity index (χ3n) is 6.60. The van der Waals surface area contributed by atoms with Crippen LogP contribution in [-0.2, 0) is 4.79 Å². The Morgan fingerprint density at radius 3 is 2.81 bits per heavy atom. The summed E-state index contributed by atoms with van der Waals surface area (Å²) in [6.45, 7) is 1.19. The number of carbonyl (C=O) groups is 2. The molecule has 6 rings (SSSR count). The molecule has 0 spiro atoms. The summed E-state index contributed by atoms with van der Waals surface area (Å²) in [4.78, 5) is 40.0. The molecule has 9 nitrogen and oxygen atoms in total. The van der Waals surface area contributed by atoms with E-state index in [2.05, 4.69) is 26.8 Å². The van der Waals surface area contributed by atoms with Crippen LogP contribution in [0.5, 0.6) is 0 Å². The quantitative estimate of drug-likeness (QED) is 0.449. The average Bonchev–Trinajstić information content (AvgIpc) is 3.56. The minimum Gasteiger partial charge on any atom is -0.346 e. The van der Waals surface area contributed by atoms with Crippen molar-refractivity contribution in [1.29, 1.82) is 0 Å². The van der Waals surface area contributed by atoms with Crippen LogP contribution in [0.25, 0.3) is 16.9 Å². The Morgan fingerprint density at radius 2 is 1.97 bits per heavy atom. The van der Waals surface area contributed by atoms with Crippen molar-refractivity contribution in [1.82, 2.24) is 29.4 Å². The van der Waals surface area contributed by atoms with Crippen LogP contribution in [0.15, 0.2) is 59.9 Å². The van der Waals surface area contributed by atoms with Crippen molar-refractivity contribution >= 4 is 29.5 Å². The first-order chi connectivity index (χ1) is 17.6. The summed E-state index contributed by atoms with van der Waals surface area (Å²) in [6.07, 6.45) is 6.26. The van der Waals surface area contributed by atoms with Crippen LogP contribution < -0.4 is 0 Å². The number of amides is 2. The third-order valence-corrected chi connectivity index (χ3v) is 6.60. The Morgan fingerprint density at radius 1 is 1.11 bits per heavy atom. The fourth-order valence-electron chi connectivity index (χ4n) is 4.45. The Hall–Kier alpha value is -4.71. The van der Waals surface area contributed by atoms with Crippen LogP contribution in [0.3, 0.4) is 0 Å². The van der Waals surface area contributed by atoms with E-state index in [4.69, 9.17) is 5.10 Å².